The molecule has 0 saturated heterocycles. The zero-order valence-electron chi connectivity index (χ0n) is 11.2. The average Bonchev–Trinajstić information content (AvgIpc) is 2.89. The fourth-order valence-corrected chi connectivity index (χ4v) is 1.97. The molecule has 2 rings (SSSR count). The van der Waals surface area contributed by atoms with Crippen molar-refractivity contribution in [3.8, 4) is 11.3 Å². The minimum Gasteiger partial charge on any atom is -0.464 e. The van der Waals surface area contributed by atoms with Gasteiger partial charge in [0.1, 0.15) is 0 Å². The van der Waals surface area contributed by atoms with Gasteiger partial charge in [-0.2, -0.15) is 0 Å². The van der Waals surface area contributed by atoms with E-state index in [1.165, 1.54) is 7.11 Å². The van der Waals surface area contributed by atoms with E-state index in [0.29, 0.717) is 5.76 Å². The van der Waals surface area contributed by atoms with Crippen LogP contribution in [0, 0.1) is 0 Å². The fraction of sp³-hybridized carbons (Fsp3) is 0.333. The standard InChI is InChI=1S/C15H17NO3/c1-3-4-10-12-13(15(17)18-2)16-19-14(12)11-8-6-5-7-9-11/h5-9H,3-4,10H2,1-2H3. The van der Waals surface area contributed by atoms with E-state index in [0.717, 1.165) is 30.4 Å². The van der Waals surface area contributed by atoms with Crippen LogP contribution in [0.3, 0.4) is 0 Å². The maximum absolute atomic E-state index is 11.7. The quantitative estimate of drug-likeness (QED) is 0.771. The monoisotopic (exact) mass is 259 g/mol. The van der Waals surface area contributed by atoms with Crippen molar-refractivity contribution in [1.82, 2.24) is 5.16 Å². The second-order valence-corrected chi connectivity index (χ2v) is 4.30. The number of rotatable bonds is 5. The number of methoxy groups -OCH3 is 1. The Morgan fingerprint density at radius 3 is 2.68 bits per heavy atom. The van der Waals surface area contributed by atoms with Crippen LogP contribution >= 0.6 is 0 Å². The summed E-state index contributed by atoms with van der Waals surface area (Å²) in [7, 11) is 1.35. The number of hydrogen-bond donors (Lipinski definition) is 0. The summed E-state index contributed by atoms with van der Waals surface area (Å²) in [5.74, 6) is 0.214. The maximum Gasteiger partial charge on any atom is 0.360 e. The molecule has 4 heteroatoms. The molecule has 100 valence electrons. The van der Waals surface area contributed by atoms with E-state index in [9.17, 15) is 4.79 Å². The van der Waals surface area contributed by atoms with Crippen molar-refractivity contribution >= 4 is 5.97 Å². The zero-order valence-corrected chi connectivity index (χ0v) is 11.2. The van der Waals surface area contributed by atoms with Crippen molar-refractivity contribution < 1.29 is 14.1 Å². The molecule has 0 fully saturated rings. The van der Waals surface area contributed by atoms with Gasteiger partial charge in [-0.3, -0.25) is 0 Å². The smallest absolute Gasteiger partial charge is 0.360 e. The van der Waals surface area contributed by atoms with Crippen molar-refractivity contribution in [3.05, 3.63) is 41.6 Å². The molecule has 0 amide bonds. The molecule has 19 heavy (non-hydrogen) atoms. The third-order valence-corrected chi connectivity index (χ3v) is 2.98. The first kappa shape index (κ1) is 13.3. The molecule has 0 aliphatic carbocycles. The van der Waals surface area contributed by atoms with Crippen molar-refractivity contribution in [2.45, 2.75) is 26.2 Å². The molecule has 0 aliphatic rings. The molecule has 0 spiro atoms. The van der Waals surface area contributed by atoms with Crippen LogP contribution < -0.4 is 0 Å². The lowest BCUT2D eigenvalue weighted by Crippen LogP contribution is -2.05. The lowest BCUT2D eigenvalue weighted by atomic mass is 10.0. The summed E-state index contributed by atoms with van der Waals surface area (Å²) in [6.07, 6.45) is 2.78. The van der Waals surface area contributed by atoms with Gasteiger partial charge in [-0.25, -0.2) is 4.79 Å². The normalized spacial score (nSPS) is 10.4. The van der Waals surface area contributed by atoms with Crippen LogP contribution in [0.25, 0.3) is 11.3 Å². The lowest BCUT2D eigenvalue weighted by molar-refractivity contribution is 0.0588. The lowest BCUT2D eigenvalue weighted by Gasteiger charge is -2.02. The Labute approximate surface area is 112 Å². The van der Waals surface area contributed by atoms with E-state index in [-0.39, 0.29) is 5.69 Å². The number of aromatic nitrogens is 1. The number of esters is 1. The number of carbonyl (C=O) groups is 1. The number of ether oxygens (including phenoxy) is 1. The van der Waals surface area contributed by atoms with Gasteiger partial charge in [-0.1, -0.05) is 48.8 Å². The Kier molecular flexibility index (Phi) is 4.34. The molecule has 1 aromatic carbocycles. The van der Waals surface area contributed by atoms with E-state index >= 15 is 0 Å². The van der Waals surface area contributed by atoms with Crippen LogP contribution in [-0.4, -0.2) is 18.2 Å². The van der Waals surface area contributed by atoms with Crippen molar-refractivity contribution in [1.29, 1.82) is 0 Å². The van der Waals surface area contributed by atoms with Gasteiger partial charge < -0.3 is 9.26 Å². The predicted molar refractivity (Wildman–Crippen MR) is 71.9 cm³/mol. The highest BCUT2D eigenvalue weighted by atomic mass is 16.5. The van der Waals surface area contributed by atoms with E-state index in [1.807, 2.05) is 30.3 Å². The van der Waals surface area contributed by atoms with E-state index in [4.69, 9.17) is 9.26 Å². The second kappa shape index (κ2) is 6.18. The van der Waals surface area contributed by atoms with Crippen molar-refractivity contribution in [2.75, 3.05) is 7.11 Å². The number of nitrogens with zero attached hydrogens (tertiary/aromatic N) is 1. The van der Waals surface area contributed by atoms with Gasteiger partial charge in [0, 0.05) is 11.1 Å². The fourth-order valence-electron chi connectivity index (χ4n) is 1.97. The third-order valence-electron chi connectivity index (χ3n) is 2.98. The summed E-state index contributed by atoms with van der Waals surface area (Å²) in [4.78, 5) is 11.7. The third kappa shape index (κ3) is 2.84. The summed E-state index contributed by atoms with van der Waals surface area (Å²) in [6.45, 7) is 2.10. The molecular formula is C15H17NO3. The van der Waals surface area contributed by atoms with E-state index in [1.54, 1.807) is 0 Å². The summed E-state index contributed by atoms with van der Waals surface area (Å²) >= 11 is 0. The van der Waals surface area contributed by atoms with E-state index in [2.05, 4.69) is 12.1 Å². The molecule has 0 saturated carbocycles. The average molecular weight is 259 g/mol. The highest BCUT2D eigenvalue weighted by Gasteiger charge is 2.22. The van der Waals surface area contributed by atoms with Gasteiger partial charge in [0.25, 0.3) is 0 Å². The number of hydrogen-bond acceptors (Lipinski definition) is 4. The summed E-state index contributed by atoms with van der Waals surface area (Å²) in [5, 5.41) is 3.87. The van der Waals surface area contributed by atoms with Crippen molar-refractivity contribution in [3.63, 3.8) is 0 Å². The molecule has 4 nitrogen and oxygen atoms in total. The zero-order chi connectivity index (χ0) is 13.7. The van der Waals surface area contributed by atoms with E-state index < -0.39 is 5.97 Å². The SMILES string of the molecule is CCCCc1c(C(=O)OC)noc1-c1ccccc1. The molecule has 0 radical (unpaired) electrons. The summed E-state index contributed by atoms with van der Waals surface area (Å²) in [6, 6.07) is 9.68. The van der Waals surface area contributed by atoms with Gasteiger partial charge in [-0.05, 0) is 12.8 Å². The highest BCUT2D eigenvalue weighted by molar-refractivity contribution is 5.90. The second-order valence-electron chi connectivity index (χ2n) is 4.30. The van der Waals surface area contributed by atoms with Crippen LogP contribution in [0.1, 0.15) is 35.8 Å². The molecule has 0 N–H and O–H groups in total. The number of unbranched alkanes of at least 4 members (excludes halogenated alkanes) is 1. The predicted octanol–water partition coefficient (Wildman–Crippen LogP) is 3.47. The topological polar surface area (TPSA) is 52.3 Å². The number of benzene rings is 1. The van der Waals surface area contributed by atoms with Gasteiger partial charge >= 0.3 is 5.97 Å². The first-order valence-corrected chi connectivity index (χ1v) is 6.40. The molecular weight excluding hydrogens is 242 g/mol. The molecule has 0 unspecified atom stereocenters. The first-order valence-electron chi connectivity index (χ1n) is 6.40. The number of carbonyl (C=O) groups excluding carboxylic acids is 1. The molecule has 0 atom stereocenters. The Balaban J connectivity index is 2.43. The molecule has 2 aromatic rings. The highest BCUT2D eigenvalue weighted by Crippen LogP contribution is 2.28. The molecule has 0 aliphatic heterocycles. The molecule has 1 aromatic heterocycles. The van der Waals surface area contributed by atoms with Crippen LogP contribution in [0.2, 0.25) is 0 Å². The Bertz CT molecular complexity index is 546. The van der Waals surface area contributed by atoms with Crippen molar-refractivity contribution in [2.24, 2.45) is 0 Å². The molecule has 0 bridgehead atoms. The Morgan fingerprint density at radius 2 is 2.05 bits per heavy atom. The first-order chi connectivity index (χ1) is 9.27. The largest absolute Gasteiger partial charge is 0.464 e. The molecule has 1 heterocycles. The Hall–Kier alpha value is -2.10. The van der Waals surface area contributed by atoms with Gasteiger partial charge in [0.15, 0.2) is 11.5 Å². The van der Waals surface area contributed by atoms with Crippen LogP contribution in [0.4, 0.5) is 0 Å². The summed E-state index contributed by atoms with van der Waals surface area (Å²) in [5.41, 5.74) is 2.05. The van der Waals surface area contributed by atoms with Gasteiger partial charge in [-0.15, -0.1) is 0 Å². The summed E-state index contributed by atoms with van der Waals surface area (Å²) < 4.78 is 10.1. The maximum atomic E-state index is 11.7. The minimum absolute atomic E-state index is 0.287. The van der Waals surface area contributed by atoms with Gasteiger partial charge in [0.05, 0.1) is 7.11 Å². The minimum atomic E-state index is -0.447. The van der Waals surface area contributed by atoms with Crippen LogP contribution in [-0.2, 0) is 11.2 Å². The van der Waals surface area contributed by atoms with Crippen LogP contribution in [0.15, 0.2) is 34.9 Å². The van der Waals surface area contributed by atoms with Gasteiger partial charge in [0.2, 0.25) is 0 Å². The Morgan fingerprint density at radius 1 is 1.32 bits per heavy atom. The van der Waals surface area contributed by atoms with Crippen LogP contribution in [0.5, 0.6) is 0 Å².